The minimum Gasteiger partial charge on any atom is -0.381 e. The van der Waals surface area contributed by atoms with E-state index in [-0.39, 0.29) is 5.60 Å². The molecule has 1 atom stereocenters. The summed E-state index contributed by atoms with van der Waals surface area (Å²) in [4.78, 5) is 13.1. The van der Waals surface area contributed by atoms with Gasteiger partial charge in [0.25, 0.3) is 0 Å². The number of hydrogen-bond acceptors (Lipinski definition) is 7. The van der Waals surface area contributed by atoms with Gasteiger partial charge in [-0.05, 0) is 25.7 Å². The first-order valence-electron chi connectivity index (χ1n) is 8.49. The standard InChI is InChI=1S/C17H22N4O2S/c1-6-23-17(2-7-22-8-3-17)9-13(1)20-10-14-12-24-16(21-14)15-11-18-4-5-19-15/h4-5,11-13,20H,1-3,6-10H2/t13-/m0/s1. The normalized spacial score (nSPS) is 23.4. The second-order valence-corrected chi connectivity index (χ2v) is 7.31. The van der Waals surface area contributed by atoms with Gasteiger partial charge in [0.2, 0.25) is 0 Å². The summed E-state index contributed by atoms with van der Waals surface area (Å²) in [6.07, 6.45) is 9.28. The summed E-state index contributed by atoms with van der Waals surface area (Å²) in [5.74, 6) is 0. The van der Waals surface area contributed by atoms with E-state index >= 15 is 0 Å². The molecule has 2 aliphatic rings. The van der Waals surface area contributed by atoms with Crippen LogP contribution >= 0.6 is 11.3 Å². The smallest absolute Gasteiger partial charge is 0.143 e. The summed E-state index contributed by atoms with van der Waals surface area (Å²) in [5.41, 5.74) is 1.93. The third-order valence-corrected chi connectivity index (χ3v) is 5.72. The topological polar surface area (TPSA) is 69.2 Å². The SMILES string of the molecule is c1cnc(-c2nc(CN[C@H]3CCOC4(CCOCC4)C3)cs2)cn1. The summed E-state index contributed by atoms with van der Waals surface area (Å²) in [7, 11) is 0. The van der Waals surface area contributed by atoms with Crippen LogP contribution in [0.15, 0.2) is 24.0 Å². The number of ether oxygens (including phenoxy) is 2. The van der Waals surface area contributed by atoms with Gasteiger partial charge in [-0.2, -0.15) is 0 Å². The summed E-state index contributed by atoms with van der Waals surface area (Å²) >= 11 is 1.62. The van der Waals surface area contributed by atoms with Gasteiger partial charge in [-0.3, -0.25) is 9.97 Å². The Labute approximate surface area is 145 Å². The Morgan fingerprint density at radius 1 is 1.25 bits per heavy atom. The zero-order valence-electron chi connectivity index (χ0n) is 13.6. The van der Waals surface area contributed by atoms with E-state index in [4.69, 9.17) is 9.47 Å². The second kappa shape index (κ2) is 7.23. The van der Waals surface area contributed by atoms with Gasteiger partial charge in [0.1, 0.15) is 10.7 Å². The monoisotopic (exact) mass is 346 g/mol. The quantitative estimate of drug-likeness (QED) is 0.917. The first-order valence-corrected chi connectivity index (χ1v) is 9.37. The minimum absolute atomic E-state index is 0.0288. The maximum atomic E-state index is 6.10. The molecule has 24 heavy (non-hydrogen) atoms. The summed E-state index contributed by atoms with van der Waals surface area (Å²) in [5, 5.41) is 6.68. The first-order chi connectivity index (χ1) is 11.8. The Morgan fingerprint density at radius 2 is 2.17 bits per heavy atom. The Hall–Kier alpha value is -1.41. The maximum absolute atomic E-state index is 6.10. The molecule has 128 valence electrons. The van der Waals surface area contributed by atoms with E-state index in [0.29, 0.717) is 6.04 Å². The van der Waals surface area contributed by atoms with Crippen LogP contribution in [0.5, 0.6) is 0 Å². The Morgan fingerprint density at radius 3 is 3.00 bits per heavy atom. The molecule has 6 nitrogen and oxygen atoms in total. The van der Waals surface area contributed by atoms with E-state index in [1.54, 1.807) is 29.9 Å². The van der Waals surface area contributed by atoms with E-state index in [2.05, 4.69) is 25.6 Å². The molecule has 0 bridgehead atoms. The molecule has 2 fully saturated rings. The zero-order chi connectivity index (χ0) is 16.2. The van der Waals surface area contributed by atoms with Crippen molar-refractivity contribution in [1.82, 2.24) is 20.3 Å². The highest BCUT2D eigenvalue weighted by atomic mass is 32.1. The molecule has 0 aliphatic carbocycles. The average Bonchev–Trinajstić information content (AvgIpc) is 3.11. The molecule has 4 heterocycles. The van der Waals surface area contributed by atoms with Crippen LogP contribution < -0.4 is 5.32 Å². The van der Waals surface area contributed by atoms with Crippen LogP contribution in [0.2, 0.25) is 0 Å². The van der Waals surface area contributed by atoms with Crippen LogP contribution in [-0.4, -0.2) is 46.4 Å². The van der Waals surface area contributed by atoms with E-state index in [1.807, 2.05) is 0 Å². The van der Waals surface area contributed by atoms with Crippen molar-refractivity contribution in [3.05, 3.63) is 29.7 Å². The van der Waals surface area contributed by atoms with Gasteiger partial charge >= 0.3 is 0 Å². The van der Waals surface area contributed by atoms with Crippen LogP contribution in [0.25, 0.3) is 10.7 Å². The fraction of sp³-hybridized carbons (Fsp3) is 0.588. The van der Waals surface area contributed by atoms with E-state index in [0.717, 1.165) is 68.4 Å². The molecular formula is C17H22N4O2S. The van der Waals surface area contributed by atoms with Crippen molar-refractivity contribution >= 4 is 11.3 Å². The molecule has 1 N–H and O–H groups in total. The molecule has 0 aromatic carbocycles. The van der Waals surface area contributed by atoms with Gasteiger partial charge in [-0.1, -0.05) is 0 Å². The average molecular weight is 346 g/mol. The van der Waals surface area contributed by atoms with Gasteiger partial charge in [0, 0.05) is 50.2 Å². The molecule has 1 spiro atoms. The number of rotatable bonds is 4. The largest absolute Gasteiger partial charge is 0.381 e. The molecule has 2 aromatic rings. The lowest BCUT2D eigenvalue weighted by atomic mass is 9.84. The zero-order valence-corrected chi connectivity index (χ0v) is 14.4. The predicted molar refractivity (Wildman–Crippen MR) is 91.7 cm³/mol. The number of thiazole rings is 1. The van der Waals surface area contributed by atoms with Crippen molar-refractivity contribution in [2.45, 2.75) is 43.9 Å². The summed E-state index contributed by atoms with van der Waals surface area (Å²) in [6, 6.07) is 0.485. The number of nitrogens with one attached hydrogen (secondary N) is 1. The molecule has 0 saturated carbocycles. The molecule has 7 heteroatoms. The van der Waals surface area contributed by atoms with Gasteiger partial charge in [-0.15, -0.1) is 11.3 Å². The second-order valence-electron chi connectivity index (χ2n) is 6.45. The molecule has 0 radical (unpaired) electrons. The van der Waals surface area contributed by atoms with Crippen molar-refractivity contribution < 1.29 is 9.47 Å². The van der Waals surface area contributed by atoms with Crippen molar-refractivity contribution in [3.8, 4) is 10.7 Å². The van der Waals surface area contributed by atoms with Crippen molar-refractivity contribution in [2.75, 3.05) is 19.8 Å². The highest BCUT2D eigenvalue weighted by Gasteiger charge is 2.38. The maximum Gasteiger partial charge on any atom is 0.143 e. The molecule has 4 rings (SSSR count). The molecule has 2 saturated heterocycles. The van der Waals surface area contributed by atoms with Crippen molar-refractivity contribution in [2.24, 2.45) is 0 Å². The number of aromatic nitrogens is 3. The van der Waals surface area contributed by atoms with Crippen molar-refractivity contribution in [3.63, 3.8) is 0 Å². The molecular weight excluding hydrogens is 324 g/mol. The van der Waals surface area contributed by atoms with E-state index in [1.165, 1.54) is 0 Å². The predicted octanol–water partition coefficient (Wildman–Crippen LogP) is 2.42. The van der Waals surface area contributed by atoms with E-state index in [9.17, 15) is 0 Å². The lowest BCUT2D eigenvalue weighted by molar-refractivity contribution is -0.140. The molecule has 2 aliphatic heterocycles. The Bertz CT molecular complexity index is 652. The van der Waals surface area contributed by atoms with Crippen molar-refractivity contribution in [1.29, 1.82) is 0 Å². The Kier molecular flexibility index (Phi) is 4.84. The molecule has 0 amide bonds. The number of nitrogens with zero attached hydrogens (tertiary/aromatic N) is 3. The van der Waals surface area contributed by atoms with Crippen LogP contribution in [-0.2, 0) is 16.0 Å². The number of hydrogen-bond donors (Lipinski definition) is 1. The fourth-order valence-electron chi connectivity index (χ4n) is 3.46. The van der Waals surface area contributed by atoms with Crippen LogP contribution in [0.3, 0.4) is 0 Å². The lowest BCUT2D eigenvalue weighted by Crippen LogP contribution is -2.49. The third kappa shape index (κ3) is 3.64. The van der Waals surface area contributed by atoms with Gasteiger partial charge in [0.05, 0.1) is 17.5 Å². The lowest BCUT2D eigenvalue weighted by Gasteiger charge is -2.43. The Balaban J connectivity index is 1.34. The molecule has 2 aromatic heterocycles. The van der Waals surface area contributed by atoms with Gasteiger partial charge < -0.3 is 14.8 Å². The van der Waals surface area contributed by atoms with Crippen LogP contribution in [0, 0.1) is 0 Å². The fourth-order valence-corrected chi connectivity index (χ4v) is 4.24. The minimum atomic E-state index is 0.0288. The van der Waals surface area contributed by atoms with Gasteiger partial charge in [-0.25, -0.2) is 4.98 Å². The third-order valence-electron chi connectivity index (χ3n) is 4.80. The van der Waals surface area contributed by atoms with Crippen LogP contribution in [0.1, 0.15) is 31.4 Å². The molecule has 0 unspecified atom stereocenters. The summed E-state index contributed by atoms with van der Waals surface area (Å²) < 4.78 is 11.6. The van der Waals surface area contributed by atoms with Crippen LogP contribution in [0.4, 0.5) is 0 Å². The van der Waals surface area contributed by atoms with Gasteiger partial charge in [0.15, 0.2) is 0 Å². The highest BCUT2D eigenvalue weighted by molar-refractivity contribution is 7.13. The summed E-state index contributed by atoms with van der Waals surface area (Å²) in [6.45, 7) is 3.26. The van der Waals surface area contributed by atoms with E-state index < -0.39 is 0 Å². The highest BCUT2D eigenvalue weighted by Crippen LogP contribution is 2.34. The first kappa shape index (κ1) is 16.1.